The summed E-state index contributed by atoms with van der Waals surface area (Å²) in [5, 5.41) is 4.37. The minimum Gasteiger partial charge on any atom is -0.349 e. The summed E-state index contributed by atoms with van der Waals surface area (Å²) < 4.78 is 0. The van der Waals surface area contributed by atoms with Gasteiger partial charge in [-0.05, 0) is 59.3 Å². The Kier molecular flexibility index (Phi) is 4.81. The second kappa shape index (κ2) is 6.80. The maximum Gasteiger partial charge on any atom is 0.129 e. The van der Waals surface area contributed by atoms with E-state index in [0.717, 1.165) is 25.2 Å². The molecule has 21 heavy (non-hydrogen) atoms. The van der Waals surface area contributed by atoms with E-state index in [1.54, 1.807) is 11.3 Å². The third kappa shape index (κ3) is 3.78. The Labute approximate surface area is 135 Å². The first-order valence-corrected chi connectivity index (χ1v) is 9.11. The van der Waals surface area contributed by atoms with Gasteiger partial charge in [0.1, 0.15) is 5.82 Å². The predicted molar refractivity (Wildman–Crippen MR) is 91.3 cm³/mol. The van der Waals surface area contributed by atoms with E-state index in [1.165, 1.54) is 29.7 Å². The molecule has 0 atom stereocenters. The molecule has 1 fully saturated rings. The zero-order chi connectivity index (χ0) is 14.7. The molecule has 112 valence electrons. The van der Waals surface area contributed by atoms with Gasteiger partial charge >= 0.3 is 0 Å². The first-order chi connectivity index (χ1) is 10.3. The number of thiophene rings is 1. The first-order valence-electron chi connectivity index (χ1n) is 7.63. The van der Waals surface area contributed by atoms with Crippen LogP contribution in [0, 0.1) is 0 Å². The fraction of sp³-hybridized carbons (Fsp3) is 0.471. The monoisotopic (exact) mass is 320 g/mol. The molecular formula is C17H21ClN2S. The lowest BCUT2D eigenvalue weighted by atomic mass is 10.1. The number of hydrogen-bond donors (Lipinski definition) is 0. The lowest BCUT2D eigenvalue weighted by Crippen LogP contribution is -2.26. The Hall–Kier alpha value is -1.06. The smallest absolute Gasteiger partial charge is 0.129 e. The van der Waals surface area contributed by atoms with E-state index in [1.807, 2.05) is 0 Å². The molecule has 2 nitrogen and oxygen atoms in total. The molecule has 0 unspecified atom stereocenters. The lowest BCUT2D eigenvalue weighted by Gasteiger charge is -2.24. The zero-order valence-electron chi connectivity index (χ0n) is 12.4. The average Bonchev–Trinajstić information content (AvgIpc) is 3.21. The fourth-order valence-electron chi connectivity index (χ4n) is 2.60. The van der Waals surface area contributed by atoms with E-state index < -0.39 is 0 Å². The van der Waals surface area contributed by atoms with Crippen LogP contribution in [0.1, 0.15) is 43.0 Å². The van der Waals surface area contributed by atoms with Crippen molar-refractivity contribution in [3.63, 3.8) is 0 Å². The Balaban J connectivity index is 1.88. The molecule has 0 spiro atoms. The van der Waals surface area contributed by atoms with Crippen LogP contribution >= 0.6 is 22.9 Å². The Morgan fingerprint density at radius 2 is 2.19 bits per heavy atom. The summed E-state index contributed by atoms with van der Waals surface area (Å²) in [6.45, 7) is 3.15. The number of hydrogen-bond acceptors (Lipinski definition) is 3. The minimum absolute atomic E-state index is 0.559. The second-order valence-corrected chi connectivity index (χ2v) is 6.75. The SMILES string of the molecule is CCCc1cc(CCl)cc(N(Cc2ccsc2)C2CC2)n1. The van der Waals surface area contributed by atoms with Gasteiger partial charge < -0.3 is 4.90 Å². The van der Waals surface area contributed by atoms with E-state index in [-0.39, 0.29) is 0 Å². The fourth-order valence-corrected chi connectivity index (χ4v) is 3.42. The highest BCUT2D eigenvalue weighted by Gasteiger charge is 2.30. The van der Waals surface area contributed by atoms with Crippen LogP contribution in [0.15, 0.2) is 29.0 Å². The van der Waals surface area contributed by atoms with E-state index in [4.69, 9.17) is 16.6 Å². The van der Waals surface area contributed by atoms with Gasteiger partial charge in [0.15, 0.2) is 0 Å². The van der Waals surface area contributed by atoms with Crippen LogP contribution in [0.2, 0.25) is 0 Å². The van der Waals surface area contributed by atoms with Crippen molar-refractivity contribution in [1.82, 2.24) is 4.98 Å². The number of aryl methyl sites for hydroxylation is 1. The van der Waals surface area contributed by atoms with Gasteiger partial charge in [0.25, 0.3) is 0 Å². The molecule has 0 aromatic carbocycles. The number of aromatic nitrogens is 1. The van der Waals surface area contributed by atoms with Crippen molar-refractivity contribution < 1.29 is 0 Å². The summed E-state index contributed by atoms with van der Waals surface area (Å²) >= 11 is 7.83. The van der Waals surface area contributed by atoms with Crippen molar-refractivity contribution in [1.29, 1.82) is 0 Å². The summed E-state index contributed by atoms with van der Waals surface area (Å²) in [4.78, 5) is 7.34. The molecule has 2 aromatic heterocycles. The van der Waals surface area contributed by atoms with E-state index in [2.05, 4.69) is 40.8 Å². The van der Waals surface area contributed by atoms with Gasteiger partial charge in [0.05, 0.1) is 0 Å². The lowest BCUT2D eigenvalue weighted by molar-refractivity contribution is 0.768. The molecular weight excluding hydrogens is 300 g/mol. The van der Waals surface area contributed by atoms with Crippen LogP contribution in [0.4, 0.5) is 5.82 Å². The van der Waals surface area contributed by atoms with Crippen LogP contribution in [0.25, 0.3) is 0 Å². The van der Waals surface area contributed by atoms with Crippen LogP contribution in [0.5, 0.6) is 0 Å². The van der Waals surface area contributed by atoms with Gasteiger partial charge in [0.2, 0.25) is 0 Å². The largest absolute Gasteiger partial charge is 0.349 e. The maximum atomic E-state index is 6.07. The van der Waals surface area contributed by atoms with Gasteiger partial charge in [-0.2, -0.15) is 11.3 Å². The van der Waals surface area contributed by atoms with Crippen LogP contribution in [-0.2, 0) is 18.8 Å². The molecule has 1 saturated carbocycles. The molecule has 1 aliphatic carbocycles. The molecule has 0 aliphatic heterocycles. The second-order valence-electron chi connectivity index (χ2n) is 5.70. The van der Waals surface area contributed by atoms with Crippen LogP contribution < -0.4 is 4.90 Å². The summed E-state index contributed by atoms with van der Waals surface area (Å²) in [6, 6.07) is 7.17. The summed E-state index contributed by atoms with van der Waals surface area (Å²) in [5.41, 5.74) is 3.73. The molecule has 1 aliphatic rings. The normalized spacial score (nSPS) is 14.4. The molecule has 4 heteroatoms. The molecule has 2 aromatic rings. The van der Waals surface area contributed by atoms with E-state index in [0.29, 0.717) is 11.9 Å². The van der Waals surface area contributed by atoms with Gasteiger partial charge in [-0.1, -0.05) is 13.3 Å². The number of nitrogens with zero attached hydrogens (tertiary/aromatic N) is 2. The topological polar surface area (TPSA) is 16.1 Å². The third-order valence-corrected chi connectivity index (χ3v) is 4.84. The zero-order valence-corrected chi connectivity index (χ0v) is 14.0. The molecule has 2 heterocycles. The molecule has 0 bridgehead atoms. The quantitative estimate of drug-likeness (QED) is 0.667. The van der Waals surface area contributed by atoms with Crippen LogP contribution in [-0.4, -0.2) is 11.0 Å². The number of alkyl halides is 1. The number of anilines is 1. The van der Waals surface area contributed by atoms with Crippen molar-refractivity contribution in [3.05, 3.63) is 45.8 Å². The van der Waals surface area contributed by atoms with Crippen molar-refractivity contribution in [2.45, 2.75) is 51.1 Å². The third-order valence-electron chi connectivity index (χ3n) is 3.80. The van der Waals surface area contributed by atoms with E-state index in [9.17, 15) is 0 Å². The Bertz CT molecular complexity index is 578. The highest BCUT2D eigenvalue weighted by atomic mass is 35.5. The van der Waals surface area contributed by atoms with Gasteiger partial charge in [-0.15, -0.1) is 11.6 Å². The number of rotatable bonds is 7. The number of pyridine rings is 1. The standard InChI is InChI=1S/C17H21ClN2S/c1-2-3-15-8-14(10-18)9-17(19-15)20(16-4-5-16)11-13-6-7-21-12-13/h6-9,12,16H,2-5,10-11H2,1H3. The molecule has 0 N–H and O–H groups in total. The van der Waals surface area contributed by atoms with Gasteiger partial charge in [0, 0.05) is 24.2 Å². The van der Waals surface area contributed by atoms with Crippen molar-refractivity contribution in [2.24, 2.45) is 0 Å². The summed E-state index contributed by atoms with van der Waals surface area (Å²) in [7, 11) is 0. The minimum atomic E-state index is 0.559. The molecule has 0 radical (unpaired) electrons. The Morgan fingerprint density at radius 1 is 1.33 bits per heavy atom. The first kappa shape index (κ1) is 14.9. The highest BCUT2D eigenvalue weighted by Crippen LogP contribution is 2.33. The molecule has 0 saturated heterocycles. The molecule has 3 rings (SSSR count). The number of halogens is 1. The van der Waals surface area contributed by atoms with Crippen LogP contribution in [0.3, 0.4) is 0 Å². The van der Waals surface area contributed by atoms with Crippen molar-refractivity contribution in [3.8, 4) is 0 Å². The van der Waals surface area contributed by atoms with Crippen molar-refractivity contribution in [2.75, 3.05) is 4.90 Å². The van der Waals surface area contributed by atoms with Crippen molar-refractivity contribution >= 4 is 28.8 Å². The van der Waals surface area contributed by atoms with Gasteiger partial charge in [-0.3, -0.25) is 0 Å². The maximum absolute atomic E-state index is 6.07. The van der Waals surface area contributed by atoms with E-state index >= 15 is 0 Å². The summed E-state index contributed by atoms with van der Waals surface area (Å²) in [6.07, 6.45) is 4.70. The highest BCUT2D eigenvalue weighted by molar-refractivity contribution is 7.07. The Morgan fingerprint density at radius 3 is 2.81 bits per heavy atom. The molecule has 0 amide bonds. The summed E-state index contributed by atoms with van der Waals surface area (Å²) in [5.74, 6) is 1.66. The predicted octanol–water partition coefficient (Wildman–Crippen LogP) is 5.00. The average molecular weight is 321 g/mol. The van der Waals surface area contributed by atoms with Gasteiger partial charge in [-0.25, -0.2) is 4.98 Å².